The van der Waals surface area contributed by atoms with Gasteiger partial charge in [-0.15, -0.1) is 0 Å². The quantitative estimate of drug-likeness (QED) is 0.0829. The van der Waals surface area contributed by atoms with Crippen molar-refractivity contribution in [3.05, 3.63) is 35.9 Å². The van der Waals surface area contributed by atoms with Crippen LogP contribution >= 0.6 is 0 Å². The van der Waals surface area contributed by atoms with Crippen molar-refractivity contribution in [1.82, 2.24) is 15.5 Å². The van der Waals surface area contributed by atoms with Gasteiger partial charge in [0.15, 0.2) is 17.3 Å². The first-order valence-electron chi connectivity index (χ1n) is 22.4. The van der Waals surface area contributed by atoms with E-state index in [0.29, 0.717) is 96.6 Å². The van der Waals surface area contributed by atoms with Crippen LogP contribution in [0.1, 0.15) is 134 Å². The second-order valence-corrected chi connectivity index (χ2v) is 17.9. The third-order valence-electron chi connectivity index (χ3n) is 13.9. The highest BCUT2D eigenvalue weighted by atomic mass is 16.2. The van der Waals surface area contributed by atoms with E-state index < -0.39 is 47.3 Å². The molecule has 6 atom stereocenters. The minimum Gasteiger partial charge on any atom is -0.343 e. The topological polar surface area (TPSA) is 217 Å². The van der Waals surface area contributed by atoms with Crippen LogP contribution in [0.2, 0.25) is 0 Å². The van der Waals surface area contributed by atoms with Gasteiger partial charge in [-0.2, -0.15) is 0 Å². The Hall–Kier alpha value is -3.03. The molecule has 1 saturated heterocycles. The number of nitrogens with one attached hydrogen (secondary N) is 2. The van der Waals surface area contributed by atoms with Gasteiger partial charge in [-0.05, 0) is 114 Å². The van der Waals surface area contributed by atoms with Crippen LogP contribution in [0, 0.1) is 23.7 Å². The third-order valence-corrected chi connectivity index (χ3v) is 13.9. The maximum Gasteiger partial charge on any atom is 0.245 e. The van der Waals surface area contributed by atoms with Crippen molar-refractivity contribution in [3.63, 3.8) is 0 Å². The second kappa shape index (κ2) is 21.8. The molecule has 1 unspecified atom stereocenters. The van der Waals surface area contributed by atoms with Crippen LogP contribution < -0.4 is 33.6 Å². The highest BCUT2D eigenvalue weighted by Gasteiger charge is 2.59. The van der Waals surface area contributed by atoms with E-state index in [9.17, 15) is 9.59 Å². The number of nitrogens with zero attached hydrogens (tertiary/aromatic N) is 1. The average Bonchev–Trinajstić information content (AvgIpc) is 3.73. The number of amides is 2. The van der Waals surface area contributed by atoms with Gasteiger partial charge in [-0.1, -0.05) is 81.7 Å². The molecule has 318 valence electrons. The first-order valence-corrected chi connectivity index (χ1v) is 22.4. The summed E-state index contributed by atoms with van der Waals surface area (Å²) in [6.45, 7) is 0.781. The van der Waals surface area contributed by atoms with Gasteiger partial charge in [0.1, 0.15) is 11.6 Å². The molecule has 0 radical (unpaired) electrons. The van der Waals surface area contributed by atoms with Gasteiger partial charge < -0.3 is 38.5 Å². The molecule has 0 aromatic heterocycles. The highest BCUT2D eigenvalue weighted by Crippen LogP contribution is 2.42. The van der Waals surface area contributed by atoms with Gasteiger partial charge in [-0.3, -0.25) is 24.0 Å². The third kappa shape index (κ3) is 11.4. The van der Waals surface area contributed by atoms with Crippen molar-refractivity contribution >= 4 is 29.2 Å². The van der Waals surface area contributed by atoms with E-state index in [1.54, 1.807) is 11.9 Å². The van der Waals surface area contributed by atoms with Crippen molar-refractivity contribution in [2.45, 2.75) is 171 Å². The van der Waals surface area contributed by atoms with Crippen LogP contribution in [0.15, 0.2) is 30.3 Å². The Balaban J connectivity index is 1.46. The Morgan fingerprint density at radius 3 is 2.11 bits per heavy atom. The number of unbranched alkanes of at least 4 members (excludes halogenated alkanes) is 1. The lowest BCUT2D eigenvalue weighted by atomic mass is 9.60. The molecule has 1 aliphatic heterocycles. The molecule has 12 heteroatoms. The zero-order valence-corrected chi connectivity index (χ0v) is 34.6. The number of hydrogen-bond acceptors (Lipinski definition) is 10. The fourth-order valence-corrected chi connectivity index (χ4v) is 10.6. The first kappa shape index (κ1) is 45.1. The molecule has 3 aliphatic carbocycles. The summed E-state index contributed by atoms with van der Waals surface area (Å²) in [5.41, 5.74) is 25.2. The maximum atomic E-state index is 15.5. The molecule has 3 saturated carbocycles. The van der Waals surface area contributed by atoms with Gasteiger partial charge in [0, 0.05) is 18.5 Å². The normalized spacial score (nSPS) is 25.5. The molecule has 12 nitrogen and oxygen atoms in total. The van der Waals surface area contributed by atoms with Gasteiger partial charge in [0.05, 0.1) is 24.0 Å². The SMILES string of the molecule is CN[C@@H](Cc1ccccc1)C(=O)N[C@@H](CCCCN)C(=O)N1CCC[C@H]1C(=O)C(C1CCCCC1)[C@](N)(C(=O)C1CCC(N)CC1)C(=O)[C@H](N)CC1CCCCC1. The summed E-state index contributed by atoms with van der Waals surface area (Å²) in [4.78, 5) is 75.6. The van der Waals surface area contributed by atoms with Crippen molar-refractivity contribution in [3.8, 4) is 0 Å². The van der Waals surface area contributed by atoms with E-state index in [1.165, 1.54) is 6.42 Å². The smallest absolute Gasteiger partial charge is 0.245 e. The van der Waals surface area contributed by atoms with Gasteiger partial charge in [0.25, 0.3) is 0 Å². The number of Topliss-reactive ketones (excluding diaryl/α,β-unsaturated/α-hetero) is 3. The lowest BCUT2D eigenvalue weighted by molar-refractivity contribution is -0.151. The summed E-state index contributed by atoms with van der Waals surface area (Å²) in [5.74, 6) is -3.43. The van der Waals surface area contributed by atoms with Crippen LogP contribution in [-0.2, 0) is 30.4 Å². The van der Waals surface area contributed by atoms with E-state index in [4.69, 9.17) is 22.9 Å². The molecule has 4 aliphatic rings. The van der Waals surface area contributed by atoms with E-state index in [-0.39, 0.29) is 41.3 Å². The lowest BCUT2D eigenvalue weighted by Crippen LogP contribution is -2.70. The number of nitrogens with two attached hydrogens (primary N) is 4. The zero-order chi connectivity index (χ0) is 41.0. The first-order chi connectivity index (χ1) is 27.5. The molecular formula is C45H73N7O5. The molecule has 57 heavy (non-hydrogen) atoms. The van der Waals surface area contributed by atoms with Crippen LogP contribution in [0.3, 0.4) is 0 Å². The number of carbonyl (C=O) groups excluding carboxylic acids is 5. The number of hydrogen-bond donors (Lipinski definition) is 6. The standard InChI is InChI=1S/C45H73N7O5/c1-50-37(29-31-16-7-3-8-17-31)43(56)51-36(20-11-12-26-46)44(57)52-27-13-21-38(52)40(53)39(32-18-9-4-10-19-32)45(49,41(54)33-22-24-34(47)25-23-33)42(55)35(48)28-30-14-5-2-6-15-30/h3,7-8,16-17,30,32-39,50H,2,4-6,9-15,18-29,46-49H2,1H3,(H,51,56)/t33?,34?,35-,36+,37+,38+,39?,45+/m1/s1. The summed E-state index contributed by atoms with van der Waals surface area (Å²) in [5, 5.41) is 6.14. The zero-order valence-electron chi connectivity index (χ0n) is 34.6. The van der Waals surface area contributed by atoms with E-state index >= 15 is 14.4 Å². The van der Waals surface area contributed by atoms with Crippen molar-refractivity contribution in [2.24, 2.45) is 46.6 Å². The second-order valence-electron chi connectivity index (χ2n) is 17.9. The fraction of sp³-hybridized carbons (Fsp3) is 0.756. The minimum atomic E-state index is -2.11. The molecule has 0 spiro atoms. The molecule has 1 aromatic carbocycles. The van der Waals surface area contributed by atoms with Crippen molar-refractivity contribution in [1.29, 1.82) is 0 Å². The van der Waals surface area contributed by atoms with E-state index in [1.807, 2.05) is 30.3 Å². The number of benzene rings is 1. The molecule has 10 N–H and O–H groups in total. The highest BCUT2D eigenvalue weighted by molar-refractivity contribution is 6.18. The minimum absolute atomic E-state index is 0.0145. The summed E-state index contributed by atoms with van der Waals surface area (Å²) in [7, 11) is 1.73. The number of likely N-dealkylation sites (tertiary alicyclic amines) is 1. The number of ketones is 3. The molecule has 2 amide bonds. The van der Waals surface area contributed by atoms with Crippen LogP contribution in [-0.4, -0.2) is 89.9 Å². The summed E-state index contributed by atoms with van der Waals surface area (Å²) in [6, 6.07) is 6.39. The van der Waals surface area contributed by atoms with E-state index in [0.717, 1.165) is 50.5 Å². The Morgan fingerprint density at radius 1 is 0.825 bits per heavy atom. The Labute approximate surface area is 341 Å². The summed E-state index contributed by atoms with van der Waals surface area (Å²) in [6.07, 6.45) is 15.3. The number of rotatable bonds is 20. The fourth-order valence-electron chi connectivity index (χ4n) is 10.6. The van der Waals surface area contributed by atoms with Crippen LogP contribution in [0.5, 0.6) is 0 Å². The van der Waals surface area contributed by atoms with Gasteiger partial charge in [0.2, 0.25) is 11.8 Å². The maximum absolute atomic E-state index is 15.5. The number of likely N-dealkylation sites (N-methyl/N-ethyl adjacent to an activating group) is 1. The van der Waals surface area contributed by atoms with Crippen LogP contribution in [0.25, 0.3) is 0 Å². The predicted molar refractivity (Wildman–Crippen MR) is 224 cm³/mol. The van der Waals surface area contributed by atoms with Gasteiger partial charge in [-0.25, -0.2) is 0 Å². The van der Waals surface area contributed by atoms with E-state index in [2.05, 4.69) is 10.6 Å². The summed E-state index contributed by atoms with van der Waals surface area (Å²) < 4.78 is 0. The molecular weight excluding hydrogens is 719 g/mol. The van der Waals surface area contributed by atoms with Crippen LogP contribution in [0.4, 0.5) is 0 Å². The van der Waals surface area contributed by atoms with Crippen molar-refractivity contribution < 1.29 is 24.0 Å². The Morgan fingerprint density at radius 2 is 1.47 bits per heavy atom. The average molecular weight is 792 g/mol. The molecule has 5 rings (SSSR count). The number of carbonyl (C=O) groups is 5. The lowest BCUT2D eigenvalue weighted by Gasteiger charge is -2.45. The molecule has 1 heterocycles. The predicted octanol–water partition coefficient (Wildman–Crippen LogP) is 3.84. The molecule has 0 bridgehead atoms. The molecule has 4 fully saturated rings. The Kier molecular flexibility index (Phi) is 17.3. The van der Waals surface area contributed by atoms with Crippen molar-refractivity contribution in [2.75, 3.05) is 20.1 Å². The molecule has 1 aromatic rings. The monoisotopic (exact) mass is 792 g/mol. The summed E-state index contributed by atoms with van der Waals surface area (Å²) >= 11 is 0. The Bertz CT molecular complexity index is 1470. The van der Waals surface area contributed by atoms with Gasteiger partial charge >= 0.3 is 0 Å². The largest absolute Gasteiger partial charge is 0.343 e.